The van der Waals surface area contributed by atoms with E-state index in [1.807, 2.05) is 0 Å². The van der Waals surface area contributed by atoms with Crippen LogP contribution in [-0.4, -0.2) is 9.52 Å². The lowest BCUT2D eigenvalue weighted by atomic mass is 10.6. The van der Waals surface area contributed by atoms with Crippen LogP contribution in [0.4, 0.5) is 0 Å². The lowest BCUT2D eigenvalue weighted by molar-refractivity contribution is 1.02. The Kier molecular flexibility index (Phi) is 6.41. The van der Waals surface area contributed by atoms with E-state index in [9.17, 15) is 0 Å². The Labute approximate surface area is 49.1 Å². The molecule has 0 aromatic rings. The van der Waals surface area contributed by atoms with Gasteiger partial charge in [0.1, 0.15) is 0 Å². The largest absolute Gasteiger partial charge is 0.0657 e. The smallest absolute Gasteiger partial charge is 0.0279 e. The van der Waals surface area contributed by atoms with Crippen molar-refractivity contribution in [3.05, 3.63) is 0 Å². The molecular weight excluding hydrogens is 100 g/mol. The maximum absolute atomic E-state index is 2.27. The molecule has 0 nitrogen and oxygen atoms in total. The van der Waals surface area contributed by atoms with Gasteiger partial charge in [-0.1, -0.05) is 38.8 Å². The number of hydrogen-bond donors (Lipinski definition) is 0. The Morgan fingerprint density at radius 2 is 1.43 bits per heavy atom. The van der Waals surface area contributed by atoms with Crippen LogP contribution in [0, 0.1) is 0 Å². The van der Waals surface area contributed by atoms with Crippen LogP contribution in [0.5, 0.6) is 0 Å². The second-order valence-electron chi connectivity index (χ2n) is 1.87. The molecule has 43 valence electrons. The number of rotatable bonds is 4. The summed E-state index contributed by atoms with van der Waals surface area (Å²) >= 11 is 0. The van der Waals surface area contributed by atoms with Gasteiger partial charge in [-0.2, -0.15) is 0 Å². The van der Waals surface area contributed by atoms with E-state index in [2.05, 4.69) is 13.8 Å². The lowest BCUT2D eigenvalue weighted by Gasteiger charge is -1.89. The van der Waals surface area contributed by atoms with Crippen LogP contribution in [0.2, 0.25) is 12.1 Å². The van der Waals surface area contributed by atoms with Crippen LogP contribution in [-0.2, 0) is 0 Å². The van der Waals surface area contributed by atoms with Gasteiger partial charge in [0.05, 0.1) is 0 Å². The molecule has 0 fully saturated rings. The predicted octanol–water partition coefficient (Wildman–Crippen LogP) is 2.08. The summed E-state index contributed by atoms with van der Waals surface area (Å²) in [5, 5.41) is 0. The van der Waals surface area contributed by atoms with E-state index in [4.69, 9.17) is 0 Å². The van der Waals surface area contributed by atoms with E-state index in [1.165, 1.54) is 24.9 Å². The maximum atomic E-state index is 2.27. The summed E-state index contributed by atoms with van der Waals surface area (Å²) in [5.74, 6) is 0. The fraction of sp³-hybridized carbons (Fsp3) is 1.00. The Hall–Kier alpha value is 0.217. The van der Waals surface area contributed by atoms with Crippen LogP contribution >= 0.6 is 0 Å². The normalized spacial score (nSPS) is 9.43. The van der Waals surface area contributed by atoms with Crippen molar-refractivity contribution in [2.75, 3.05) is 0 Å². The van der Waals surface area contributed by atoms with Crippen molar-refractivity contribution in [2.24, 2.45) is 0 Å². The third-order valence-corrected chi connectivity index (χ3v) is 2.96. The first-order valence-corrected chi connectivity index (χ1v) is 4.86. The monoisotopic (exact) mass is 115 g/mol. The van der Waals surface area contributed by atoms with E-state index in [0.717, 1.165) is 9.52 Å². The van der Waals surface area contributed by atoms with Crippen molar-refractivity contribution in [1.82, 2.24) is 0 Å². The van der Waals surface area contributed by atoms with Gasteiger partial charge < -0.3 is 0 Å². The van der Waals surface area contributed by atoms with Gasteiger partial charge in [-0.15, -0.1) is 0 Å². The average Bonchev–Trinajstić information content (AvgIpc) is 1.69. The summed E-state index contributed by atoms with van der Waals surface area (Å²) in [6.07, 6.45) is 2.80. The molecule has 0 amide bonds. The molecule has 0 atom stereocenters. The minimum Gasteiger partial charge on any atom is -0.0657 e. The molecule has 0 N–H and O–H groups in total. The van der Waals surface area contributed by atoms with Crippen LogP contribution in [0.15, 0.2) is 0 Å². The molecule has 0 saturated carbocycles. The van der Waals surface area contributed by atoms with E-state index in [0.29, 0.717) is 0 Å². The molecule has 0 aliphatic heterocycles. The zero-order valence-electron chi connectivity index (χ0n) is 5.41. The van der Waals surface area contributed by atoms with Gasteiger partial charge in [-0.3, -0.25) is 0 Å². The summed E-state index contributed by atoms with van der Waals surface area (Å²) in [6, 6.07) is 3.02. The summed E-state index contributed by atoms with van der Waals surface area (Å²) < 4.78 is 0. The van der Waals surface area contributed by atoms with Crippen molar-refractivity contribution in [3.63, 3.8) is 0 Å². The van der Waals surface area contributed by atoms with Gasteiger partial charge in [-0.05, 0) is 0 Å². The zero-order chi connectivity index (χ0) is 5.54. The molecule has 0 aliphatic carbocycles. The Balaban J connectivity index is 2.45. The van der Waals surface area contributed by atoms with E-state index in [-0.39, 0.29) is 0 Å². The minimum atomic E-state index is 0.822. The molecule has 0 heterocycles. The van der Waals surface area contributed by atoms with Crippen LogP contribution in [0.3, 0.4) is 0 Å². The molecule has 7 heavy (non-hydrogen) atoms. The summed E-state index contributed by atoms with van der Waals surface area (Å²) in [7, 11) is 0.822. The first-order chi connectivity index (χ1) is 3.41. The Bertz CT molecular complexity index is 23.4. The van der Waals surface area contributed by atoms with E-state index < -0.39 is 0 Å². The minimum absolute atomic E-state index is 0.822. The van der Waals surface area contributed by atoms with Gasteiger partial charge >= 0.3 is 0 Å². The summed E-state index contributed by atoms with van der Waals surface area (Å²) in [5.41, 5.74) is 0. The molecular formula is C6H15Si. The van der Waals surface area contributed by atoms with Gasteiger partial charge in [0.15, 0.2) is 0 Å². The molecule has 0 bridgehead atoms. The second kappa shape index (κ2) is 6.22. The van der Waals surface area contributed by atoms with E-state index >= 15 is 0 Å². The first kappa shape index (κ1) is 7.22. The van der Waals surface area contributed by atoms with Gasteiger partial charge in [0.25, 0.3) is 0 Å². The molecule has 0 unspecified atom stereocenters. The first-order valence-electron chi connectivity index (χ1n) is 3.23. The van der Waals surface area contributed by atoms with Crippen molar-refractivity contribution in [2.45, 2.75) is 38.8 Å². The third-order valence-electron chi connectivity index (χ3n) is 0.986. The van der Waals surface area contributed by atoms with Crippen molar-refractivity contribution >= 4 is 9.52 Å². The van der Waals surface area contributed by atoms with Crippen molar-refractivity contribution in [3.8, 4) is 0 Å². The van der Waals surface area contributed by atoms with Gasteiger partial charge in [0.2, 0.25) is 0 Å². The third kappa shape index (κ3) is 6.22. The highest BCUT2D eigenvalue weighted by molar-refractivity contribution is 6.35. The molecule has 1 radical (unpaired) electrons. The highest BCUT2D eigenvalue weighted by atomic mass is 28.2. The van der Waals surface area contributed by atoms with Crippen LogP contribution in [0.25, 0.3) is 0 Å². The van der Waals surface area contributed by atoms with Gasteiger partial charge in [0, 0.05) is 9.52 Å². The molecule has 0 spiro atoms. The lowest BCUT2D eigenvalue weighted by Crippen LogP contribution is -1.84. The SMILES string of the molecule is CCC[SiH]CCC. The quantitative estimate of drug-likeness (QED) is 0.389. The van der Waals surface area contributed by atoms with Crippen LogP contribution in [0.1, 0.15) is 26.7 Å². The highest BCUT2D eigenvalue weighted by Crippen LogP contribution is 1.92. The van der Waals surface area contributed by atoms with Crippen molar-refractivity contribution in [1.29, 1.82) is 0 Å². The summed E-state index contributed by atoms with van der Waals surface area (Å²) in [6.45, 7) is 4.53. The second-order valence-corrected chi connectivity index (χ2v) is 3.60. The average molecular weight is 115 g/mol. The van der Waals surface area contributed by atoms with Crippen molar-refractivity contribution < 1.29 is 0 Å². The molecule has 0 aromatic carbocycles. The molecule has 0 saturated heterocycles. The Morgan fingerprint density at radius 3 is 1.71 bits per heavy atom. The fourth-order valence-corrected chi connectivity index (χ4v) is 1.66. The molecule has 0 aromatic heterocycles. The molecule has 0 aliphatic rings. The fourth-order valence-electron chi connectivity index (χ4n) is 0.553. The standard InChI is InChI=1S/C6H15Si/c1-3-5-7-6-4-2/h7H,3-6H2,1-2H3. The topological polar surface area (TPSA) is 0 Å². The maximum Gasteiger partial charge on any atom is 0.0279 e. The van der Waals surface area contributed by atoms with Gasteiger partial charge in [-0.25, -0.2) is 0 Å². The number of hydrogen-bond acceptors (Lipinski definition) is 0. The highest BCUT2D eigenvalue weighted by Gasteiger charge is 1.81. The van der Waals surface area contributed by atoms with E-state index in [1.54, 1.807) is 0 Å². The Morgan fingerprint density at radius 1 is 1.00 bits per heavy atom. The predicted molar refractivity (Wildman–Crippen MR) is 37.3 cm³/mol. The zero-order valence-corrected chi connectivity index (χ0v) is 6.56. The van der Waals surface area contributed by atoms with Crippen LogP contribution < -0.4 is 0 Å². The summed E-state index contributed by atoms with van der Waals surface area (Å²) in [4.78, 5) is 0. The molecule has 0 rings (SSSR count). The molecule has 1 heteroatoms.